The predicted octanol–water partition coefficient (Wildman–Crippen LogP) is 2.07. The molecule has 2 aromatic carbocycles. The monoisotopic (exact) mass is 375 g/mol. The van der Waals surface area contributed by atoms with Gasteiger partial charge in [0.1, 0.15) is 5.41 Å². The third-order valence-electron chi connectivity index (χ3n) is 5.58. The first-order valence-corrected chi connectivity index (χ1v) is 9.12. The number of benzene rings is 2. The van der Waals surface area contributed by atoms with E-state index in [0.29, 0.717) is 22.4 Å². The highest BCUT2D eigenvalue weighted by Gasteiger charge is 2.58. The van der Waals surface area contributed by atoms with E-state index in [-0.39, 0.29) is 17.7 Å². The molecule has 1 fully saturated rings. The normalized spacial score (nSPS) is 23.3. The molecule has 0 bridgehead atoms. The lowest BCUT2D eigenvalue weighted by molar-refractivity contribution is -0.126. The molecule has 28 heavy (non-hydrogen) atoms. The van der Waals surface area contributed by atoms with Crippen LogP contribution in [0, 0.1) is 12.3 Å². The maximum absolute atomic E-state index is 13.0. The Labute approximate surface area is 163 Å². The number of amides is 3. The van der Waals surface area contributed by atoms with E-state index in [1.165, 1.54) is 0 Å². The van der Waals surface area contributed by atoms with Crippen molar-refractivity contribution < 1.29 is 14.4 Å². The second kappa shape index (κ2) is 6.34. The van der Waals surface area contributed by atoms with Gasteiger partial charge in [-0.25, -0.2) is 0 Å². The summed E-state index contributed by atoms with van der Waals surface area (Å²) in [6.45, 7) is 3.74. The van der Waals surface area contributed by atoms with Crippen LogP contribution in [-0.4, -0.2) is 24.8 Å². The van der Waals surface area contributed by atoms with Crippen LogP contribution in [0.2, 0.25) is 0 Å². The number of fused-ring (bicyclic) bond motifs is 1. The molecule has 6 heteroatoms. The molecule has 2 heterocycles. The number of rotatable bonds is 3. The summed E-state index contributed by atoms with van der Waals surface area (Å²) < 4.78 is 0. The van der Waals surface area contributed by atoms with Crippen LogP contribution in [0.5, 0.6) is 0 Å². The van der Waals surface area contributed by atoms with Crippen LogP contribution >= 0.6 is 0 Å². The first-order chi connectivity index (χ1) is 13.4. The molecule has 142 valence electrons. The molecule has 2 aliphatic rings. The van der Waals surface area contributed by atoms with Gasteiger partial charge in [-0.15, -0.1) is 0 Å². The molecular formula is C22H21N3O3. The molecule has 2 aliphatic heterocycles. The first-order valence-electron chi connectivity index (χ1n) is 9.12. The number of nitrogens with one attached hydrogen (secondary N) is 3. The molecule has 0 spiro atoms. The van der Waals surface area contributed by atoms with Gasteiger partial charge in [-0.1, -0.05) is 35.9 Å². The molecule has 3 N–H and O–H groups in total. The van der Waals surface area contributed by atoms with E-state index in [9.17, 15) is 14.4 Å². The van der Waals surface area contributed by atoms with Crippen LogP contribution in [-0.2, 0) is 9.59 Å². The van der Waals surface area contributed by atoms with E-state index in [2.05, 4.69) is 16.0 Å². The Bertz CT molecular complexity index is 1060. The van der Waals surface area contributed by atoms with E-state index in [1.807, 2.05) is 37.3 Å². The molecule has 0 radical (unpaired) electrons. The summed E-state index contributed by atoms with van der Waals surface area (Å²) in [7, 11) is 1.56. The highest BCUT2D eigenvalue weighted by atomic mass is 16.2. The van der Waals surface area contributed by atoms with Gasteiger partial charge < -0.3 is 16.0 Å². The smallest absolute Gasteiger partial charge is 0.251 e. The number of hydrogen-bond acceptors (Lipinski definition) is 3. The van der Waals surface area contributed by atoms with Crippen molar-refractivity contribution in [2.24, 2.45) is 5.41 Å². The zero-order valence-electron chi connectivity index (χ0n) is 15.9. The van der Waals surface area contributed by atoms with Gasteiger partial charge in [0.05, 0.1) is 17.3 Å². The second-order valence-electron chi connectivity index (χ2n) is 7.39. The SMILES string of the molecule is CNC(=O)c1cccc(C2NC(=O)C3=C(c4cccc(C)c4)NC(=O)C32C)c1. The molecule has 2 atom stereocenters. The van der Waals surface area contributed by atoms with E-state index in [0.717, 1.165) is 11.1 Å². The number of carbonyl (C=O) groups is 3. The standard InChI is InChI=1S/C22H21N3O3/c1-12-6-4-7-13(10-12)17-16-20(27)25-18(22(16,2)21(28)24-17)14-8-5-9-15(11-14)19(26)23-3/h4-11,18H,1-3H3,(H,23,26)(H,24,28)(H,25,27). The lowest BCUT2D eigenvalue weighted by Crippen LogP contribution is -2.37. The highest BCUT2D eigenvalue weighted by molar-refractivity contribution is 6.18. The molecule has 2 unspecified atom stereocenters. The van der Waals surface area contributed by atoms with Crippen LogP contribution in [0.4, 0.5) is 0 Å². The second-order valence-corrected chi connectivity index (χ2v) is 7.39. The van der Waals surface area contributed by atoms with Crippen LogP contribution in [0.25, 0.3) is 5.70 Å². The van der Waals surface area contributed by atoms with Crippen molar-refractivity contribution in [2.45, 2.75) is 19.9 Å². The highest BCUT2D eigenvalue weighted by Crippen LogP contribution is 2.51. The van der Waals surface area contributed by atoms with Gasteiger partial charge in [-0.3, -0.25) is 14.4 Å². The quantitative estimate of drug-likeness (QED) is 0.768. The third-order valence-corrected chi connectivity index (χ3v) is 5.58. The van der Waals surface area contributed by atoms with Gasteiger partial charge in [0.2, 0.25) is 5.91 Å². The van der Waals surface area contributed by atoms with E-state index < -0.39 is 11.5 Å². The summed E-state index contributed by atoms with van der Waals surface area (Å²) in [6.07, 6.45) is 0. The predicted molar refractivity (Wildman–Crippen MR) is 105 cm³/mol. The van der Waals surface area contributed by atoms with Gasteiger partial charge in [0.25, 0.3) is 11.8 Å². The Balaban J connectivity index is 1.83. The summed E-state index contributed by atoms with van der Waals surface area (Å²) >= 11 is 0. The molecule has 4 rings (SSSR count). The van der Waals surface area contributed by atoms with Gasteiger partial charge in [-0.05, 0) is 43.2 Å². The summed E-state index contributed by atoms with van der Waals surface area (Å²) in [5.74, 6) is -0.719. The zero-order chi connectivity index (χ0) is 20.1. The minimum absolute atomic E-state index is 0.219. The van der Waals surface area contributed by atoms with Crippen molar-refractivity contribution >= 4 is 23.4 Å². The Hall–Kier alpha value is -3.41. The van der Waals surface area contributed by atoms with Crippen LogP contribution in [0.3, 0.4) is 0 Å². The largest absolute Gasteiger partial charge is 0.355 e. The van der Waals surface area contributed by atoms with Gasteiger partial charge in [0.15, 0.2) is 0 Å². The van der Waals surface area contributed by atoms with Gasteiger partial charge >= 0.3 is 0 Å². The van der Waals surface area contributed by atoms with Gasteiger partial charge in [-0.2, -0.15) is 0 Å². The van der Waals surface area contributed by atoms with Crippen molar-refractivity contribution in [1.29, 1.82) is 0 Å². The average Bonchev–Trinajstić information content (AvgIpc) is 3.12. The minimum Gasteiger partial charge on any atom is -0.355 e. The van der Waals surface area contributed by atoms with Gasteiger partial charge in [0, 0.05) is 12.6 Å². The average molecular weight is 375 g/mol. The molecule has 3 amide bonds. The molecule has 6 nitrogen and oxygen atoms in total. The third kappa shape index (κ3) is 2.52. The van der Waals surface area contributed by atoms with Crippen molar-refractivity contribution in [1.82, 2.24) is 16.0 Å². The zero-order valence-corrected chi connectivity index (χ0v) is 15.9. The number of hydrogen-bond donors (Lipinski definition) is 3. The summed E-state index contributed by atoms with van der Waals surface area (Å²) in [4.78, 5) is 37.9. The summed E-state index contributed by atoms with van der Waals surface area (Å²) in [5.41, 5.74) is 2.98. The molecule has 1 saturated heterocycles. The van der Waals surface area contributed by atoms with Crippen LogP contribution in [0.1, 0.15) is 40.0 Å². The number of carbonyl (C=O) groups excluding carboxylic acids is 3. The van der Waals surface area contributed by atoms with E-state index in [4.69, 9.17) is 0 Å². The molecule has 2 aromatic rings. The van der Waals surface area contributed by atoms with E-state index in [1.54, 1.807) is 32.2 Å². The van der Waals surface area contributed by atoms with Crippen molar-refractivity contribution in [3.63, 3.8) is 0 Å². The van der Waals surface area contributed by atoms with Crippen LogP contribution in [0.15, 0.2) is 54.1 Å². The maximum atomic E-state index is 13.0. The van der Waals surface area contributed by atoms with E-state index >= 15 is 0 Å². The lowest BCUT2D eigenvalue weighted by Gasteiger charge is -2.26. The Kier molecular flexibility index (Phi) is 4.07. The van der Waals surface area contributed by atoms with Crippen LogP contribution < -0.4 is 16.0 Å². The summed E-state index contributed by atoms with van der Waals surface area (Å²) in [6, 6.07) is 14.1. The minimum atomic E-state index is -1.06. The molecule has 0 aliphatic carbocycles. The molecular weight excluding hydrogens is 354 g/mol. The Morgan fingerprint density at radius 3 is 2.57 bits per heavy atom. The fraction of sp³-hybridized carbons (Fsp3) is 0.227. The van der Waals surface area contributed by atoms with Crippen molar-refractivity contribution in [3.8, 4) is 0 Å². The fourth-order valence-electron chi connectivity index (χ4n) is 4.09. The van der Waals surface area contributed by atoms with Crippen molar-refractivity contribution in [2.75, 3.05) is 7.05 Å². The fourth-order valence-corrected chi connectivity index (χ4v) is 4.09. The molecule has 0 aromatic heterocycles. The first kappa shape index (κ1) is 18.0. The number of aryl methyl sites for hydroxylation is 1. The topological polar surface area (TPSA) is 87.3 Å². The van der Waals surface area contributed by atoms with Crippen molar-refractivity contribution in [3.05, 3.63) is 76.4 Å². The molecule has 0 saturated carbocycles. The lowest BCUT2D eigenvalue weighted by atomic mass is 9.76. The Morgan fingerprint density at radius 1 is 1.11 bits per heavy atom. The Morgan fingerprint density at radius 2 is 1.86 bits per heavy atom. The maximum Gasteiger partial charge on any atom is 0.251 e. The summed E-state index contributed by atoms with van der Waals surface area (Å²) in [5, 5.41) is 8.46.